The first-order valence-corrected chi connectivity index (χ1v) is 14.9. The first-order chi connectivity index (χ1) is 20.4. The molecule has 10 bridgehead atoms. The van der Waals surface area contributed by atoms with Crippen molar-refractivity contribution in [2.45, 2.75) is 64.5 Å². The largest absolute Gasteiger partial charge is 0.481 e. The molecule has 0 radical (unpaired) electrons. The van der Waals surface area contributed by atoms with Gasteiger partial charge in [-0.05, 0) is 90.3 Å². The molecule has 0 spiro atoms. The third kappa shape index (κ3) is 4.55. The second-order valence-corrected chi connectivity index (χ2v) is 11.9. The lowest BCUT2D eigenvalue weighted by atomic mass is 9.83. The Labute approximate surface area is 244 Å². The van der Waals surface area contributed by atoms with E-state index in [0.717, 1.165) is 82.8 Å². The zero-order chi connectivity index (χ0) is 29.0. The minimum atomic E-state index is -0.849. The summed E-state index contributed by atoms with van der Waals surface area (Å²) in [6, 6.07) is 19.0. The third-order valence-electron chi connectivity index (χ3n) is 9.33. The van der Waals surface area contributed by atoms with Crippen molar-refractivity contribution >= 4 is 33.8 Å². The van der Waals surface area contributed by atoms with Crippen molar-refractivity contribution in [2.24, 2.45) is 7.05 Å². The van der Waals surface area contributed by atoms with Gasteiger partial charge in [-0.1, -0.05) is 42.0 Å². The number of nitrogens with zero attached hydrogens (tertiary/aromatic N) is 5. The minimum Gasteiger partial charge on any atom is -0.481 e. The van der Waals surface area contributed by atoms with Crippen LogP contribution in [0, 0.1) is 6.92 Å². The van der Waals surface area contributed by atoms with Crippen molar-refractivity contribution in [1.29, 1.82) is 0 Å². The van der Waals surface area contributed by atoms with Gasteiger partial charge < -0.3 is 14.6 Å². The first kappa shape index (κ1) is 26.4. The molecule has 0 saturated heterocycles. The fraction of sp³-hybridized carbons (Fsp3) is 0.353. The van der Waals surface area contributed by atoms with E-state index >= 15 is 0 Å². The number of rotatable bonds is 2. The maximum atomic E-state index is 13.8. The Bertz CT molecular complexity index is 1870. The average Bonchev–Trinajstić information content (AvgIpc) is 3.55. The van der Waals surface area contributed by atoms with Crippen molar-refractivity contribution in [2.75, 3.05) is 6.54 Å². The van der Waals surface area contributed by atoms with Crippen LogP contribution in [0.4, 0.5) is 0 Å². The highest BCUT2D eigenvalue weighted by molar-refractivity contribution is 5.99. The van der Waals surface area contributed by atoms with Crippen LogP contribution in [-0.4, -0.2) is 48.0 Å². The van der Waals surface area contributed by atoms with Gasteiger partial charge in [0.15, 0.2) is 0 Å². The van der Waals surface area contributed by atoms with Gasteiger partial charge in [0, 0.05) is 43.5 Å². The van der Waals surface area contributed by atoms with Gasteiger partial charge in [-0.3, -0.25) is 9.59 Å². The summed E-state index contributed by atoms with van der Waals surface area (Å²) in [6.45, 7) is 3.97. The van der Waals surface area contributed by atoms with Crippen molar-refractivity contribution in [3.05, 3.63) is 93.7 Å². The third-order valence-corrected chi connectivity index (χ3v) is 9.33. The summed E-state index contributed by atoms with van der Waals surface area (Å²) in [7, 11) is 1.97. The van der Waals surface area contributed by atoms with E-state index in [9.17, 15) is 14.7 Å². The monoisotopic (exact) mass is 561 g/mol. The number of carbonyl (C=O) groups is 2. The number of fused-ring (bicyclic) bond motifs is 5. The molecule has 8 nitrogen and oxygen atoms in total. The Morgan fingerprint density at radius 3 is 2.67 bits per heavy atom. The number of carbonyl (C=O) groups excluding carboxylic acids is 1. The SMILES string of the molecule is Cc1c2ccc3c1nnn3CCCCCc1ccc3c(c1)cc(n3C)C(=O)N1CCc3ccc(cc3C1)C2CC(=O)O. The number of benzene rings is 3. The molecule has 1 atom stereocenters. The number of hydrogen-bond acceptors (Lipinski definition) is 4. The van der Waals surface area contributed by atoms with E-state index in [1.807, 2.05) is 40.3 Å². The zero-order valence-electron chi connectivity index (χ0n) is 24.1. The molecule has 1 amide bonds. The normalized spacial score (nSPS) is 17.5. The molecule has 8 rings (SSSR count). The highest BCUT2D eigenvalue weighted by Crippen LogP contribution is 2.35. The van der Waals surface area contributed by atoms with Crippen LogP contribution in [0.15, 0.2) is 54.6 Å². The highest BCUT2D eigenvalue weighted by atomic mass is 16.4. The maximum absolute atomic E-state index is 13.8. The summed E-state index contributed by atoms with van der Waals surface area (Å²) in [6.07, 6.45) is 4.88. The molecule has 0 saturated carbocycles. The molecule has 3 aliphatic heterocycles. The van der Waals surface area contributed by atoms with Gasteiger partial charge in [0.2, 0.25) is 0 Å². The number of aryl methyl sites for hydroxylation is 4. The molecule has 0 fully saturated rings. The van der Waals surface area contributed by atoms with Gasteiger partial charge in [-0.25, -0.2) is 4.68 Å². The van der Waals surface area contributed by atoms with Crippen LogP contribution in [-0.2, 0) is 37.8 Å². The minimum absolute atomic E-state index is 0.0277. The number of hydrogen-bond donors (Lipinski definition) is 1. The Morgan fingerprint density at radius 2 is 1.81 bits per heavy atom. The number of aromatic nitrogens is 4. The zero-order valence-corrected chi connectivity index (χ0v) is 24.1. The van der Waals surface area contributed by atoms with Gasteiger partial charge in [0.25, 0.3) is 5.91 Å². The lowest BCUT2D eigenvalue weighted by Crippen LogP contribution is -2.36. The quantitative estimate of drug-likeness (QED) is 0.296. The highest BCUT2D eigenvalue weighted by Gasteiger charge is 2.27. The van der Waals surface area contributed by atoms with Crippen molar-refractivity contribution in [1.82, 2.24) is 24.5 Å². The fourth-order valence-corrected chi connectivity index (χ4v) is 6.96. The van der Waals surface area contributed by atoms with Crippen LogP contribution in [0.25, 0.3) is 21.9 Å². The number of carboxylic acid groups (broad SMARTS) is 1. The molecule has 8 heteroatoms. The molecule has 5 aromatic rings. The van der Waals surface area contributed by atoms with E-state index in [4.69, 9.17) is 0 Å². The van der Waals surface area contributed by atoms with Gasteiger partial charge in [-0.2, -0.15) is 0 Å². The summed E-state index contributed by atoms with van der Waals surface area (Å²) in [5, 5.41) is 20.0. The van der Waals surface area contributed by atoms with E-state index in [1.54, 1.807) is 0 Å². The Hall–Kier alpha value is -4.46. The van der Waals surface area contributed by atoms with Crippen molar-refractivity contribution in [3.63, 3.8) is 0 Å². The Morgan fingerprint density at radius 1 is 0.952 bits per heavy atom. The standard InChI is InChI=1S/C34H35N5O3/c1-21-27-10-12-30-33(21)35-36-39(30)14-5-3-4-6-22-7-11-29-25(16-22)18-31(37(29)2)34(42)38-15-13-23-8-9-24(17-26(23)20-38)28(27)19-32(40)41/h7-12,16-18,28H,3-6,13-15,19-20H2,1-2H3,(H,40,41). The second-order valence-electron chi connectivity index (χ2n) is 11.9. The van der Waals surface area contributed by atoms with Crippen LogP contribution in [0.1, 0.15) is 75.5 Å². The van der Waals surface area contributed by atoms with Gasteiger partial charge in [-0.15, -0.1) is 5.10 Å². The van der Waals surface area contributed by atoms with Crippen LogP contribution in [0.5, 0.6) is 0 Å². The summed E-state index contributed by atoms with van der Waals surface area (Å²) < 4.78 is 3.99. The van der Waals surface area contributed by atoms with E-state index in [0.29, 0.717) is 18.8 Å². The predicted octanol–water partition coefficient (Wildman–Crippen LogP) is 5.76. The smallest absolute Gasteiger partial charge is 0.304 e. The summed E-state index contributed by atoms with van der Waals surface area (Å²) in [4.78, 5) is 27.9. The van der Waals surface area contributed by atoms with Crippen molar-refractivity contribution in [3.8, 4) is 0 Å². The summed E-state index contributed by atoms with van der Waals surface area (Å²) in [5.74, 6) is -1.16. The molecular formula is C34H35N5O3. The molecule has 1 unspecified atom stereocenters. The molecule has 214 valence electrons. The lowest BCUT2D eigenvalue weighted by molar-refractivity contribution is -0.137. The summed E-state index contributed by atoms with van der Waals surface area (Å²) >= 11 is 0. The molecule has 5 heterocycles. The Kier molecular flexibility index (Phi) is 6.56. The Balaban J connectivity index is 1.33. The predicted molar refractivity (Wildman–Crippen MR) is 162 cm³/mol. The molecular weight excluding hydrogens is 526 g/mol. The molecule has 0 aliphatic carbocycles. The van der Waals surface area contributed by atoms with Crippen LogP contribution in [0.3, 0.4) is 0 Å². The molecule has 3 aromatic carbocycles. The van der Waals surface area contributed by atoms with Gasteiger partial charge in [0.1, 0.15) is 11.2 Å². The van der Waals surface area contributed by atoms with E-state index < -0.39 is 5.97 Å². The second kappa shape index (κ2) is 10.4. The van der Waals surface area contributed by atoms with Crippen molar-refractivity contribution < 1.29 is 14.7 Å². The summed E-state index contributed by atoms with van der Waals surface area (Å²) in [5.41, 5.74) is 10.0. The number of carboxylic acids is 1. The average molecular weight is 562 g/mol. The maximum Gasteiger partial charge on any atom is 0.304 e. The first-order valence-electron chi connectivity index (χ1n) is 14.9. The van der Waals surface area contributed by atoms with Crippen LogP contribution < -0.4 is 0 Å². The van der Waals surface area contributed by atoms with Gasteiger partial charge in [0.05, 0.1) is 11.9 Å². The van der Waals surface area contributed by atoms with E-state index in [1.165, 1.54) is 11.1 Å². The lowest BCUT2D eigenvalue weighted by Gasteiger charge is -2.30. The van der Waals surface area contributed by atoms with Crippen LogP contribution in [0.2, 0.25) is 0 Å². The van der Waals surface area contributed by atoms with E-state index in [2.05, 4.69) is 52.8 Å². The fourth-order valence-electron chi connectivity index (χ4n) is 6.96. The molecule has 3 aliphatic rings. The van der Waals surface area contributed by atoms with E-state index in [-0.39, 0.29) is 18.2 Å². The van der Waals surface area contributed by atoms with Crippen LogP contribution >= 0.6 is 0 Å². The molecule has 1 N–H and O–H groups in total. The topological polar surface area (TPSA) is 93.3 Å². The number of amides is 1. The van der Waals surface area contributed by atoms with Gasteiger partial charge >= 0.3 is 5.97 Å². The number of aliphatic carboxylic acids is 1. The molecule has 2 aromatic heterocycles. The molecule has 42 heavy (non-hydrogen) atoms.